The predicted molar refractivity (Wildman–Crippen MR) is 117 cm³/mol. The zero-order valence-corrected chi connectivity index (χ0v) is 17.3. The largest absolute Gasteiger partial charge is 0.341 e. The quantitative estimate of drug-likeness (QED) is 0.614. The van der Waals surface area contributed by atoms with Gasteiger partial charge in [-0.15, -0.1) is 0 Å². The molecule has 1 unspecified atom stereocenters. The van der Waals surface area contributed by atoms with Crippen LogP contribution in [0.5, 0.6) is 0 Å². The first-order chi connectivity index (χ1) is 13.9. The van der Waals surface area contributed by atoms with E-state index in [9.17, 15) is 9.59 Å². The lowest BCUT2D eigenvalue weighted by Gasteiger charge is -2.22. The third kappa shape index (κ3) is 3.33. The summed E-state index contributed by atoms with van der Waals surface area (Å²) in [5.74, 6) is 0.245. The van der Waals surface area contributed by atoms with Crippen molar-refractivity contribution in [1.29, 1.82) is 0 Å². The summed E-state index contributed by atoms with van der Waals surface area (Å²) in [4.78, 5) is 28.3. The molecule has 1 aromatic heterocycles. The Balaban J connectivity index is 1.79. The molecule has 4 rings (SSSR count). The number of nitrogens with zero attached hydrogens (tertiary/aromatic N) is 5. The van der Waals surface area contributed by atoms with Crippen molar-refractivity contribution in [3.8, 4) is 0 Å². The molecule has 2 aromatic rings. The van der Waals surface area contributed by atoms with Crippen molar-refractivity contribution in [2.75, 3.05) is 28.0 Å². The number of allylic oxidation sites excluding steroid dienone is 1. The van der Waals surface area contributed by atoms with Crippen LogP contribution in [0.2, 0.25) is 0 Å². The molecule has 0 amide bonds. The van der Waals surface area contributed by atoms with Gasteiger partial charge in [0.15, 0.2) is 5.82 Å². The second-order valence-electron chi connectivity index (χ2n) is 7.52. The smallest absolute Gasteiger partial charge is 0.332 e. The molecule has 1 aromatic carbocycles. The number of hydrogen-bond donors (Lipinski definition) is 1. The second-order valence-corrected chi connectivity index (χ2v) is 7.93. The van der Waals surface area contributed by atoms with Crippen LogP contribution >= 0.6 is 11.8 Å². The average Bonchev–Trinajstić information content (AvgIpc) is 3.04. The number of hydrazone groups is 1. The van der Waals surface area contributed by atoms with Gasteiger partial charge in [0, 0.05) is 44.0 Å². The van der Waals surface area contributed by atoms with Crippen LogP contribution in [0.3, 0.4) is 0 Å². The summed E-state index contributed by atoms with van der Waals surface area (Å²) in [6.45, 7) is 5.10. The van der Waals surface area contributed by atoms with E-state index in [1.54, 1.807) is 13.3 Å². The molecule has 9 heteroatoms. The molecule has 152 valence electrons. The molecule has 0 bridgehead atoms. The molecule has 0 fully saturated rings. The zero-order chi connectivity index (χ0) is 20.7. The summed E-state index contributed by atoms with van der Waals surface area (Å²) < 4.78 is 4.14. The Kier molecular flexibility index (Phi) is 4.96. The molecule has 8 nitrogen and oxygen atoms in total. The maximum atomic E-state index is 13.4. The van der Waals surface area contributed by atoms with E-state index in [-0.39, 0.29) is 18.0 Å². The number of anilines is 3. The maximum Gasteiger partial charge on any atom is 0.332 e. The summed E-state index contributed by atoms with van der Waals surface area (Å²) in [5.41, 5.74) is 5.69. The van der Waals surface area contributed by atoms with Crippen LogP contribution in [-0.2, 0) is 13.6 Å². The minimum atomic E-state index is -0.395. The molecule has 0 saturated carbocycles. The van der Waals surface area contributed by atoms with Gasteiger partial charge in [0.05, 0.1) is 5.69 Å². The molecular formula is C20H23ClN6O2. The lowest BCUT2D eigenvalue weighted by atomic mass is 9.97. The fourth-order valence-corrected chi connectivity index (χ4v) is 4.05. The summed E-state index contributed by atoms with van der Waals surface area (Å²) >= 11 is 6.35. The van der Waals surface area contributed by atoms with Crippen LogP contribution < -0.4 is 26.0 Å². The minimum absolute atomic E-state index is 0.185. The van der Waals surface area contributed by atoms with Gasteiger partial charge in [0.1, 0.15) is 12.4 Å². The fraction of sp³-hybridized carbons (Fsp3) is 0.350. The molecule has 0 aliphatic carbocycles. The molecule has 2 aliphatic rings. The Hall–Kier alpha value is -3.00. The molecule has 0 spiro atoms. The number of para-hydroxylation sites is 1. The van der Waals surface area contributed by atoms with E-state index < -0.39 is 5.69 Å². The molecule has 0 radical (unpaired) electrons. The molecule has 3 heterocycles. The number of hydrogen-bond acceptors (Lipinski definition) is 6. The van der Waals surface area contributed by atoms with Crippen LogP contribution in [-0.4, -0.2) is 28.6 Å². The van der Waals surface area contributed by atoms with Crippen LogP contribution in [0.25, 0.3) is 0 Å². The highest BCUT2D eigenvalue weighted by Crippen LogP contribution is 2.33. The van der Waals surface area contributed by atoms with E-state index in [2.05, 4.69) is 10.5 Å². The van der Waals surface area contributed by atoms with Gasteiger partial charge in [0.25, 0.3) is 5.56 Å². The van der Waals surface area contributed by atoms with Gasteiger partial charge < -0.3 is 4.90 Å². The Labute approximate surface area is 173 Å². The number of fused-ring (bicyclic) bond motifs is 2. The highest BCUT2D eigenvalue weighted by atomic mass is 35.5. The van der Waals surface area contributed by atoms with Crippen LogP contribution in [0.1, 0.15) is 25.3 Å². The SMILES string of the molecule is CC(C)=CCN1CN(Cl)c2c1c(=O)n(CC1C=NNc3ccccc31)c(=O)n2C. The van der Waals surface area contributed by atoms with E-state index in [1.807, 2.05) is 49.1 Å². The minimum Gasteiger partial charge on any atom is -0.341 e. The lowest BCUT2D eigenvalue weighted by molar-refractivity contribution is 0.576. The van der Waals surface area contributed by atoms with Gasteiger partial charge in [-0.3, -0.25) is 19.4 Å². The Morgan fingerprint density at radius 2 is 2.07 bits per heavy atom. The topological polar surface area (TPSA) is 74.9 Å². The highest BCUT2D eigenvalue weighted by molar-refractivity contribution is 6.27. The van der Waals surface area contributed by atoms with E-state index in [4.69, 9.17) is 11.8 Å². The number of benzene rings is 1. The summed E-state index contributed by atoms with van der Waals surface area (Å²) in [5, 5.41) is 4.18. The van der Waals surface area contributed by atoms with E-state index in [0.717, 1.165) is 16.8 Å². The maximum absolute atomic E-state index is 13.4. The number of nitrogens with one attached hydrogen (secondary N) is 1. The Morgan fingerprint density at radius 3 is 2.83 bits per heavy atom. The third-order valence-corrected chi connectivity index (χ3v) is 5.50. The molecule has 1 atom stereocenters. The standard InChI is InChI=1S/C20H23ClN6O2/c1-13(2)8-9-25-12-27(21)18-17(25)19(28)26(20(29)24(18)3)11-14-10-22-23-16-7-5-4-6-15(14)16/h4-8,10,14,23H,9,11-12H2,1-3H3. The van der Waals surface area contributed by atoms with E-state index >= 15 is 0 Å². The van der Waals surface area contributed by atoms with Gasteiger partial charge in [-0.1, -0.05) is 29.8 Å². The monoisotopic (exact) mass is 414 g/mol. The number of aromatic nitrogens is 2. The van der Waals surface area contributed by atoms with Crippen LogP contribution in [0.4, 0.5) is 17.2 Å². The van der Waals surface area contributed by atoms with Crippen molar-refractivity contribution in [3.05, 3.63) is 62.3 Å². The van der Waals surface area contributed by atoms with Crippen molar-refractivity contribution in [1.82, 2.24) is 9.13 Å². The summed E-state index contributed by atoms with van der Waals surface area (Å²) in [6.07, 6.45) is 3.76. The molecular weight excluding hydrogens is 392 g/mol. The first kappa shape index (κ1) is 19.3. The molecule has 1 N–H and O–H groups in total. The molecule has 29 heavy (non-hydrogen) atoms. The van der Waals surface area contributed by atoms with Crippen molar-refractivity contribution in [3.63, 3.8) is 0 Å². The van der Waals surface area contributed by atoms with E-state index in [1.165, 1.54) is 13.6 Å². The normalized spacial score (nSPS) is 17.0. The van der Waals surface area contributed by atoms with Crippen LogP contribution in [0, 0.1) is 0 Å². The lowest BCUT2D eigenvalue weighted by Crippen LogP contribution is -2.42. The van der Waals surface area contributed by atoms with Crippen molar-refractivity contribution >= 4 is 35.2 Å². The van der Waals surface area contributed by atoms with Crippen molar-refractivity contribution in [2.24, 2.45) is 12.1 Å². The third-order valence-electron chi connectivity index (χ3n) is 5.23. The van der Waals surface area contributed by atoms with Gasteiger partial charge in [-0.2, -0.15) is 5.10 Å². The first-order valence-electron chi connectivity index (χ1n) is 9.42. The van der Waals surface area contributed by atoms with Gasteiger partial charge >= 0.3 is 5.69 Å². The number of rotatable bonds is 4. The first-order valence-corrected chi connectivity index (χ1v) is 9.76. The Morgan fingerprint density at radius 1 is 1.31 bits per heavy atom. The average molecular weight is 415 g/mol. The zero-order valence-electron chi connectivity index (χ0n) is 16.6. The Bertz CT molecular complexity index is 1130. The fourth-order valence-electron chi connectivity index (χ4n) is 3.73. The van der Waals surface area contributed by atoms with Crippen molar-refractivity contribution < 1.29 is 0 Å². The second kappa shape index (κ2) is 7.44. The van der Waals surface area contributed by atoms with Gasteiger partial charge in [-0.25, -0.2) is 9.21 Å². The van der Waals surface area contributed by atoms with Crippen LogP contribution in [0.15, 0.2) is 50.6 Å². The molecule has 2 aliphatic heterocycles. The van der Waals surface area contributed by atoms with Crippen molar-refractivity contribution in [2.45, 2.75) is 26.3 Å². The van der Waals surface area contributed by atoms with Gasteiger partial charge in [-0.05, 0) is 25.5 Å². The van der Waals surface area contributed by atoms with Gasteiger partial charge in [0.2, 0.25) is 0 Å². The summed E-state index contributed by atoms with van der Waals surface area (Å²) in [6, 6.07) is 7.75. The molecule has 0 saturated heterocycles. The predicted octanol–water partition coefficient (Wildman–Crippen LogP) is 2.45. The number of halogens is 1. The van der Waals surface area contributed by atoms with E-state index in [0.29, 0.717) is 24.7 Å². The highest BCUT2D eigenvalue weighted by Gasteiger charge is 2.33. The summed E-state index contributed by atoms with van der Waals surface area (Å²) in [7, 11) is 1.64.